The van der Waals surface area contributed by atoms with Gasteiger partial charge in [-0.25, -0.2) is 0 Å². The van der Waals surface area contributed by atoms with E-state index in [0.717, 1.165) is 16.8 Å². The molecule has 0 unspecified atom stereocenters. The van der Waals surface area contributed by atoms with Crippen molar-refractivity contribution in [2.75, 3.05) is 0 Å². The smallest absolute Gasteiger partial charge is 0.244 e. The maximum absolute atomic E-state index is 6.13. The molecule has 0 bridgehead atoms. The molecule has 0 radical (unpaired) electrons. The van der Waals surface area contributed by atoms with E-state index in [1.54, 1.807) is 6.20 Å². The number of hydrogen-bond donors (Lipinski definition) is 2. The van der Waals surface area contributed by atoms with Crippen LogP contribution in [0.2, 0.25) is 0 Å². The van der Waals surface area contributed by atoms with Gasteiger partial charge in [0.15, 0.2) is 0 Å². The first kappa shape index (κ1) is 13.3. The molecule has 2 aromatic rings. The fourth-order valence-electron chi connectivity index (χ4n) is 2.05. The maximum atomic E-state index is 6.13. The highest BCUT2D eigenvalue weighted by atomic mass is 16.5. The van der Waals surface area contributed by atoms with E-state index in [-0.39, 0.29) is 6.04 Å². The summed E-state index contributed by atoms with van der Waals surface area (Å²) >= 11 is 0. The lowest BCUT2D eigenvalue weighted by Crippen LogP contribution is -2.14. The summed E-state index contributed by atoms with van der Waals surface area (Å²) in [5.41, 5.74) is 8.93. The van der Waals surface area contributed by atoms with Gasteiger partial charge in [0.1, 0.15) is 0 Å². The van der Waals surface area contributed by atoms with Crippen LogP contribution in [0.25, 0.3) is 5.57 Å². The molecule has 106 valence electrons. The van der Waals surface area contributed by atoms with Gasteiger partial charge in [0.05, 0.1) is 6.04 Å². The summed E-state index contributed by atoms with van der Waals surface area (Å²) in [7, 11) is 0. The van der Waals surface area contributed by atoms with Crippen LogP contribution in [-0.2, 0) is 6.42 Å². The van der Waals surface area contributed by atoms with Crippen LogP contribution in [0.1, 0.15) is 23.3 Å². The molecule has 21 heavy (non-hydrogen) atoms. The van der Waals surface area contributed by atoms with E-state index < -0.39 is 0 Å². The standard InChI is InChI=1S/C16H16N4O/c1-11-7-8-13(10-18-11)15-19-16(21-20-15)14(17)9-12-5-3-2-4-6-12/h2-8,10,14,18H,1,9,17H2/t14-/m0/s1. The first-order valence-corrected chi connectivity index (χ1v) is 6.69. The molecule has 1 atom stereocenters. The molecule has 2 heterocycles. The highest BCUT2D eigenvalue weighted by molar-refractivity contribution is 5.71. The monoisotopic (exact) mass is 280 g/mol. The Morgan fingerprint density at radius 3 is 2.76 bits per heavy atom. The van der Waals surface area contributed by atoms with Crippen LogP contribution < -0.4 is 11.1 Å². The molecule has 1 aromatic carbocycles. The molecule has 5 heteroatoms. The number of hydrogen-bond acceptors (Lipinski definition) is 5. The SMILES string of the molecule is C=C1C=CC(c2noc([C@@H](N)Cc3ccccc3)n2)=CN1. The zero-order valence-electron chi connectivity index (χ0n) is 11.5. The highest BCUT2D eigenvalue weighted by Crippen LogP contribution is 2.19. The van der Waals surface area contributed by atoms with Crippen LogP contribution in [-0.4, -0.2) is 10.1 Å². The summed E-state index contributed by atoms with van der Waals surface area (Å²) < 4.78 is 5.27. The zero-order valence-corrected chi connectivity index (χ0v) is 11.5. The highest BCUT2D eigenvalue weighted by Gasteiger charge is 2.17. The number of dihydropyridines is 1. The van der Waals surface area contributed by atoms with Crippen molar-refractivity contribution >= 4 is 5.57 Å². The largest absolute Gasteiger partial charge is 0.361 e. The second kappa shape index (κ2) is 5.76. The molecule has 0 saturated heterocycles. The van der Waals surface area contributed by atoms with Crippen LogP contribution in [0.4, 0.5) is 0 Å². The molecule has 3 rings (SSSR count). The predicted molar refractivity (Wildman–Crippen MR) is 80.8 cm³/mol. The van der Waals surface area contributed by atoms with Crippen LogP contribution in [0, 0.1) is 0 Å². The van der Waals surface area contributed by atoms with E-state index in [0.29, 0.717) is 18.1 Å². The Labute approximate surface area is 122 Å². The lowest BCUT2D eigenvalue weighted by Gasteiger charge is -2.07. The normalized spacial score (nSPS) is 15.5. The van der Waals surface area contributed by atoms with Gasteiger partial charge < -0.3 is 15.6 Å². The van der Waals surface area contributed by atoms with Gasteiger partial charge in [-0.3, -0.25) is 0 Å². The molecular formula is C16H16N4O. The second-order valence-electron chi connectivity index (χ2n) is 4.86. The molecule has 0 saturated carbocycles. The minimum absolute atomic E-state index is 0.315. The topological polar surface area (TPSA) is 77.0 Å². The summed E-state index contributed by atoms with van der Waals surface area (Å²) in [6.07, 6.45) is 6.19. The van der Waals surface area contributed by atoms with Gasteiger partial charge in [-0.2, -0.15) is 4.98 Å². The third kappa shape index (κ3) is 3.09. The summed E-state index contributed by atoms with van der Waals surface area (Å²) in [4.78, 5) is 4.36. The molecule has 1 aliphatic heterocycles. The van der Waals surface area contributed by atoms with Crippen LogP contribution in [0.3, 0.4) is 0 Å². The Balaban J connectivity index is 1.73. The number of nitrogens with zero attached hydrogens (tertiary/aromatic N) is 2. The van der Waals surface area contributed by atoms with Crippen molar-refractivity contribution in [2.24, 2.45) is 5.73 Å². The van der Waals surface area contributed by atoms with Crippen molar-refractivity contribution in [2.45, 2.75) is 12.5 Å². The Kier molecular flexibility index (Phi) is 3.66. The van der Waals surface area contributed by atoms with Crippen molar-refractivity contribution in [3.8, 4) is 0 Å². The molecule has 5 nitrogen and oxygen atoms in total. The van der Waals surface area contributed by atoms with Crippen molar-refractivity contribution in [3.05, 3.63) is 78.2 Å². The number of allylic oxidation sites excluding steroid dienone is 3. The first-order chi connectivity index (χ1) is 10.2. The minimum Gasteiger partial charge on any atom is -0.361 e. The Bertz CT molecular complexity index is 700. The van der Waals surface area contributed by atoms with Crippen molar-refractivity contribution < 1.29 is 4.52 Å². The van der Waals surface area contributed by atoms with Crippen molar-refractivity contribution in [1.82, 2.24) is 15.5 Å². The van der Waals surface area contributed by atoms with E-state index in [1.165, 1.54) is 0 Å². The average Bonchev–Trinajstić information content (AvgIpc) is 2.99. The van der Waals surface area contributed by atoms with Crippen LogP contribution in [0.5, 0.6) is 0 Å². The van der Waals surface area contributed by atoms with Gasteiger partial charge in [-0.15, -0.1) is 0 Å². The van der Waals surface area contributed by atoms with Crippen molar-refractivity contribution in [3.63, 3.8) is 0 Å². The average molecular weight is 280 g/mol. The number of rotatable bonds is 4. The van der Waals surface area contributed by atoms with Gasteiger partial charge in [0, 0.05) is 17.5 Å². The molecule has 0 fully saturated rings. The zero-order chi connectivity index (χ0) is 14.7. The summed E-state index contributed by atoms with van der Waals surface area (Å²) in [5, 5.41) is 6.98. The molecule has 3 N–H and O–H groups in total. The first-order valence-electron chi connectivity index (χ1n) is 6.69. The fraction of sp³-hybridized carbons (Fsp3) is 0.125. The molecule has 0 amide bonds. The second-order valence-corrected chi connectivity index (χ2v) is 4.86. The number of nitrogens with one attached hydrogen (secondary N) is 1. The fourth-order valence-corrected chi connectivity index (χ4v) is 2.05. The van der Waals surface area contributed by atoms with Crippen LogP contribution >= 0.6 is 0 Å². The van der Waals surface area contributed by atoms with E-state index in [2.05, 4.69) is 22.0 Å². The predicted octanol–water partition coefficient (Wildman–Crippen LogP) is 2.33. The number of aromatic nitrogens is 2. The number of benzene rings is 1. The summed E-state index contributed by atoms with van der Waals surface area (Å²) in [6.45, 7) is 3.80. The number of nitrogens with two attached hydrogens (primary N) is 1. The lowest BCUT2D eigenvalue weighted by atomic mass is 10.1. The van der Waals surface area contributed by atoms with E-state index in [9.17, 15) is 0 Å². The molecule has 0 aliphatic carbocycles. The quantitative estimate of drug-likeness (QED) is 0.898. The Morgan fingerprint density at radius 2 is 2.05 bits per heavy atom. The van der Waals surface area contributed by atoms with E-state index in [4.69, 9.17) is 10.3 Å². The van der Waals surface area contributed by atoms with E-state index in [1.807, 2.05) is 42.5 Å². The molecular weight excluding hydrogens is 264 g/mol. The maximum Gasteiger partial charge on any atom is 0.244 e. The van der Waals surface area contributed by atoms with Gasteiger partial charge >= 0.3 is 0 Å². The van der Waals surface area contributed by atoms with Gasteiger partial charge in [-0.05, 0) is 24.1 Å². The summed E-state index contributed by atoms with van der Waals surface area (Å²) in [6, 6.07) is 9.68. The Morgan fingerprint density at radius 1 is 1.24 bits per heavy atom. The molecule has 1 aliphatic rings. The van der Waals surface area contributed by atoms with Crippen LogP contribution in [0.15, 0.2) is 65.5 Å². The Hall–Kier alpha value is -2.66. The van der Waals surface area contributed by atoms with E-state index >= 15 is 0 Å². The van der Waals surface area contributed by atoms with Gasteiger partial charge in [-0.1, -0.05) is 42.1 Å². The minimum atomic E-state index is -0.315. The molecule has 0 spiro atoms. The molecule has 1 aromatic heterocycles. The van der Waals surface area contributed by atoms with Gasteiger partial charge in [0.25, 0.3) is 0 Å². The third-order valence-corrected chi connectivity index (χ3v) is 3.19. The van der Waals surface area contributed by atoms with Gasteiger partial charge in [0.2, 0.25) is 11.7 Å². The third-order valence-electron chi connectivity index (χ3n) is 3.19. The summed E-state index contributed by atoms with van der Waals surface area (Å²) in [5.74, 6) is 0.956. The lowest BCUT2D eigenvalue weighted by molar-refractivity contribution is 0.352. The van der Waals surface area contributed by atoms with Crippen molar-refractivity contribution in [1.29, 1.82) is 0 Å².